The highest BCUT2D eigenvalue weighted by Gasteiger charge is 2.29. The summed E-state index contributed by atoms with van der Waals surface area (Å²) in [6, 6.07) is 16.0. The lowest BCUT2D eigenvalue weighted by Gasteiger charge is -2.30. The molecule has 1 saturated heterocycles. The summed E-state index contributed by atoms with van der Waals surface area (Å²) in [6.07, 6.45) is 1.44. The van der Waals surface area contributed by atoms with E-state index in [9.17, 15) is 14.4 Å². The van der Waals surface area contributed by atoms with Crippen molar-refractivity contribution >= 4 is 58.3 Å². The molecular formula is C30H30Cl3N3O4. The van der Waals surface area contributed by atoms with Crippen molar-refractivity contribution in [2.45, 2.75) is 38.3 Å². The SMILES string of the molecule is Cc1cccc(Cl)c1C(=O)NC(Cc1ccc(NC(=O)c2c(Cl)cccc2Cl)cc1)C(=O)OC1CCN(C)CC1. The van der Waals surface area contributed by atoms with Gasteiger partial charge in [0.2, 0.25) is 0 Å². The van der Waals surface area contributed by atoms with Gasteiger partial charge in [0.1, 0.15) is 12.1 Å². The van der Waals surface area contributed by atoms with Gasteiger partial charge in [-0.05, 0) is 68.3 Å². The van der Waals surface area contributed by atoms with Gasteiger partial charge >= 0.3 is 5.97 Å². The number of aryl methyl sites for hydroxylation is 1. The second-order valence-corrected chi connectivity index (χ2v) is 11.1. The molecule has 1 aliphatic rings. The number of piperidine rings is 1. The summed E-state index contributed by atoms with van der Waals surface area (Å²) in [5.74, 6) is -1.39. The number of carbonyl (C=O) groups excluding carboxylic acids is 3. The molecule has 0 aromatic heterocycles. The van der Waals surface area contributed by atoms with Crippen LogP contribution in [0.4, 0.5) is 5.69 Å². The van der Waals surface area contributed by atoms with Crippen LogP contribution in [0.3, 0.4) is 0 Å². The van der Waals surface area contributed by atoms with Crippen LogP contribution in [0.15, 0.2) is 60.7 Å². The van der Waals surface area contributed by atoms with Crippen molar-refractivity contribution in [3.05, 3.63) is 98.0 Å². The second-order valence-electron chi connectivity index (χ2n) is 9.85. The summed E-state index contributed by atoms with van der Waals surface area (Å²) >= 11 is 18.6. The van der Waals surface area contributed by atoms with E-state index in [4.69, 9.17) is 39.5 Å². The summed E-state index contributed by atoms with van der Waals surface area (Å²) in [7, 11) is 2.03. The molecule has 1 heterocycles. The Labute approximate surface area is 248 Å². The van der Waals surface area contributed by atoms with Gasteiger partial charge in [0.05, 0.1) is 26.2 Å². The number of hydrogen-bond donors (Lipinski definition) is 2. The number of ether oxygens (including phenoxy) is 1. The van der Waals surface area contributed by atoms with Crippen molar-refractivity contribution in [3.8, 4) is 0 Å². The number of hydrogen-bond acceptors (Lipinski definition) is 5. The van der Waals surface area contributed by atoms with Gasteiger partial charge in [-0.3, -0.25) is 9.59 Å². The quantitative estimate of drug-likeness (QED) is 0.301. The highest BCUT2D eigenvalue weighted by Crippen LogP contribution is 2.26. The Morgan fingerprint density at radius 2 is 1.45 bits per heavy atom. The maximum Gasteiger partial charge on any atom is 0.329 e. The first-order chi connectivity index (χ1) is 19.1. The number of esters is 1. The molecule has 7 nitrogen and oxygen atoms in total. The van der Waals surface area contributed by atoms with Gasteiger partial charge in [0, 0.05) is 25.2 Å². The van der Waals surface area contributed by atoms with Crippen LogP contribution in [-0.4, -0.2) is 55.0 Å². The molecule has 3 aromatic carbocycles. The summed E-state index contributed by atoms with van der Waals surface area (Å²) in [6.45, 7) is 3.45. The highest BCUT2D eigenvalue weighted by atomic mass is 35.5. The molecule has 0 radical (unpaired) electrons. The van der Waals surface area contributed by atoms with Gasteiger partial charge in [-0.25, -0.2) is 4.79 Å². The Morgan fingerprint density at radius 3 is 2.05 bits per heavy atom. The minimum absolute atomic E-state index is 0.184. The Hall–Kier alpha value is -3.10. The Balaban J connectivity index is 1.49. The number of nitrogens with zero attached hydrogens (tertiary/aromatic N) is 1. The minimum Gasteiger partial charge on any atom is -0.461 e. The third kappa shape index (κ3) is 7.55. The number of likely N-dealkylation sites (tertiary alicyclic amines) is 1. The molecule has 1 unspecified atom stereocenters. The molecule has 1 atom stereocenters. The number of amides is 2. The molecule has 0 bridgehead atoms. The summed E-state index contributed by atoms with van der Waals surface area (Å²) < 4.78 is 5.82. The van der Waals surface area contributed by atoms with Gasteiger partial charge in [0.25, 0.3) is 11.8 Å². The molecule has 2 amide bonds. The van der Waals surface area contributed by atoms with Crippen molar-refractivity contribution in [2.24, 2.45) is 0 Å². The van der Waals surface area contributed by atoms with Crippen LogP contribution in [0.1, 0.15) is 44.7 Å². The van der Waals surface area contributed by atoms with E-state index in [1.807, 2.05) is 7.05 Å². The Morgan fingerprint density at radius 1 is 0.875 bits per heavy atom. The lowest BCUT2D eigenvalue weighted by molar-refractivity contribution is -0.153. The molecule has 4 rings (SSSR count). The van der Waals surface area contributed by atoms with Crippen LogP contribution >= 0.6 is 34.8 Å². The van der Waals surface area contributed by atoms with Crippen LogP contribution in [0.2, 0.25) is 15.1 Å². The standard InChI is InChI=1S/C30H30Cl3N3O4/c1-18-5-3-6-22(31)26(18)28(37)35-25(30(39)40-21-13-15-36(2)16-14-21)17-19-9-11-20(12-10-19)34-29(38)27-23(32)7-4-8-24(27)33/h3-12,21,25H,13-17H2,1-2H3,(H,34,38)(H,35,37). The van der Waals surface area contributed by atoms with Gasteiger partial charge in [0.15, 0.2) is 0 Å². The molecule has 210 valence electrons. The zero-order valence-electron chi connectivity index (χ0n) is 22.2. The molecule has 40 heavy (non-hydrogen) atoms. The zero-order chi connectivity index (χ0) is 28.8. The predicted octanol–water partition coefficient (Wildman–Crippen LogP) is 6.19. The molecule has 1 aliphatic heterocycles. The van der Waals surface area contributed by atoms with Crippen molar-refractivity contribution in [2.75, 3.05) is 25.5 Å². The molecule has 0 saturated carbocycles. The van der Waals surface area contributed by atoms with E-state index in [0.29, 0.717) is 21.8 Å². The number of benzene rings is 3. The number of halogens is 3. The largest absolute Gasteiger partial charge is 0.461 e. The first-order valence-electron chi connectivity index (χ1n) is 12.9. The van der Waals surface area contributed by atoms with Crippen LogP contribution in [-0.2, 0) is 16.0 Å². The molecule has 10 heteroatoms. The molecular weight excluding hydrogens is 573 g/mol. The molecule has 0 spiro atoms. The van der Waals surface area contributed by atoms with E-state index >= 15 is 0 Å². The summed E-state index contributed by atoms with van der Waals surface area (Å²) in [4.78, 5) is 41.4. The average molecular weight is 603 g/mol. The fourth-order valence-corrected chi connectivity index (χ4v) is 5.44. The van der Waals surface area contributed by atoms with Gasteiger partial charge in [-0.2, -0.15) is 0 Å². The molecule has 1 fully saturated rings. The van der Waals surface area contributed by atoms with Crippen molar-refractivity contribution in [1.82, 2.24) is 10.2 Å². The monoisotopic (exact) mass is 601 g/mol. The first-order valence-corrected chi connectivity index (χ1v) is 14.0. The van der Waals surface area contributed by atoms with Crippen molar-refractivity contribution in [1.29, 1.82) is 0 Å². The first kappa shape index (κ1) is 29.9. The van der Waals surface area contributed by atoms with Gasteiger partial charge < -0.3 is 20.3 Å². The maximum absolute atomic E-state index is 13.3. The third-order valence-corrected chi connectivity index (χ3v) is 7.77. The van der Waals surface area contributed by atoms with Crippen LogP contribution in [0.25, 0.3) is 0 Å². The van der Waals surface area contributed by atoms with Crippen molar-refractivity contribution < 1.29 is 19.1 Å². The van der Waals surface area contributed by atoms with Crippen molar-refractivity contribution in [3.63, 3.8) is 0 Å². The van der Waals surface area contributed by atoms with Crippen LogP contribution in [0.5, 0.6) is 0 Å². The average Bonchev–Trinajstić information content (AvgIpc) is 2.90. The topological polar surface area (TPSA) is 87.7 Å². The zero-order valence-corrected chi connectivity index (χ0v) is 24.4. The van der Waals surface area contributed by atoms with E-state index in [1.54, 1.807) is 67.6 Å². The van der Waals surface area contributed by atoms with E-state index in [0.717, 1.165) is 31.5 Å². The number of anilines is 1. The second kappa shape index (κ2) is 13.5. The smallest absolute Gasteiger partial charge is 0.329 e. The predicted molar refractivity (Wildman–Crippen MR) is 159 cm³/mol. The van der Waals surface area contributed by atoms with Crippen LogP contribution in [0, 0.1) is 6.92 Å². The number of carbonyl (C=O) groups is 3. The highest BCUT2D eigenvalue weighted by molar-refractivity contribution is 6.40. The van der Waals surface area contributed by atoms with E-state index in [2.05, 4.69) is 15.5 Å². The maximum atomic E-state index is 13.3. The number of rotatable bonds is 8. The fourth-order valence-electron chi connectivity index (χ4n) is 4.56. The van der Waals surface area contributed by atoms with E-state index in [-0.39, 0.29) is 28.1 Å². The fraction of sp³-hybridized carbons (Fsp3) is 0.300. The summed E-state index contributed by atoms with van der Waals surface area (Å²) in [5, 5.41) is 6.41. The molecule has 2 N–H and O–H groups in total. The van der Waals surface area contributed by atoms with E-state index < -0.39 is 23.8 Å². The normalized spacial score (nSPS) is 14.8. The summed E-state index contributed by atoms with van der Waals surface area (Å²) in [5.41, 5.74) is 2.48. The minimum atomic E-state index is -0.940. The lowest BCUT2D eigenvalue weighted by Crippen LogP contribution is -2.46. The Kier molecular flexibility index (Phi) is 10.1. The molecule has 0 aliphatic carbocycles. The van der Waals surface area contributed by atoms with Gasteiger partial charge in [-0.15, -0.1) is 0 Å². The van der Waals surface area contributed by atoms with Crippen LogP contribution < -0.4 is 10.6 Å². The van der Waals surface area contributed by atoms with E-state index in [1.165, 1.54) is 0 Å². The molecule has 3 aromatic rings. The third-order valence-electron chi connectivity index (χ3n) is 6.83. The number of nitrogens with one attached hydrogen (secondary N) is 2. The Bertz CT molecular complexity index is 1350. The lowest BCUT2D eigenvalue weighted by atomic mass is 10.0. The van der Waals surface area contributed by atoms with Gasteiger partial charge in [-0.1, -0.05) is 65.1 Å².